The van der Waals surface area contributed by atoms with Crippen molar-refractivity contribution >= 4 is 13.6 Å². The van der Waals surface area contributed by atoms with Crippen molar-refractivity contribution in [1.29, 1.82) is 0 Å². The Morgan fingerprint density at radius 3 is 1.45 bits per heavy atom. The first-order valence-electron chi connectivity index (χ1n) is 11.3. The van der Waals surface area contributed by atoms with Gasteiger partial charge in [-0.15, -0.1) is 0 Å². The number of hydrogen-bond acceptors (Lipinski definition) is 4. The van der Waals surface area contributed by atoms with Crippen LogP contribution in [0.15, 0.2) is 12.2 Å². The summed E-state index contributed by atoms with van der Waals surface area (Å²) in [5, 5.41) is 0. The smallest absolute Gasteiger partial charge is 0.456 e. The van der Waals surface area contributed by atoms with Crippen molar-refractivity contribution in [2.24, 2.45) is 0 Å². The summed E-state index contributed by atoms with van der Waals surface area (Å²) in [6.45, 7) is 3.12. The Morgan fingerprint density at radius 1 is 0.705 bits per heavy atom. The standard InChI is InChI=1S/C20H23F17NO5P/c1-11(2)12(39)42-8-6-38(3,4)7-9-43-44(40,41)10-5-13(21,22)14(23,24)15(25,26)16(27,28)17(29,30)18(31,32)19(33,34)20(35,36)37/h1,5-10H2,2-4H3/p+1. The molecule has 0 amide bonds. The Hall–Kier alpha value is -1.87. The molecule has 0 saturated heterocycles. The molecule has 0 aromatic rings. The third-order valence-corrected chi connectivity index (χ3v) is 7.14. The van der Waals surface area contributed by atoms with Crippen LogP contribution >= 0.6 is 7.60 Å². The second-order valence-corrected chi connectivity index (χ2v) is 11.9. The molecule has 1 N–H and O–H groups in total. The van der Waals surface area contributed by atoms with Crippen LogP contribution in [0.4, 0.5) is 74.6 Å². The van der Waals surface area contributed by atoms with E-state index >= 15 is 0 Å². The number of rotatable bonds is 17. The van der Waals surface area contributed by atoms with E-state index < -0.39 is 80.4 Å². The molecule has 0 radical (unpaired) electrons. The van der Waals surface area contributed by atoms with Gasteiger partial charge in [0.15, 0.2) is 0 Å². The minimum absolute atomic E-state index is 0.0235. The molecule has 24 heteroatoms. The van der Waals surface area contributed by atoms with Crippen LogP contribution in [0.3, 0.4) is 0 Å². The zero-order chi connectivity index (χ0) is 35.8. The van der Waals surface area contributed by atoms with Crippen LogP contribution in [0.5, 0.6) is 0 Å². The van der Waals surface area contributed by atoms with Gasteiger partial charge in [-0.25, -0.2) is 4.79 Å². The zero-order valence-corrected chi connectivity index (χ0v) is 23.2. The number of halogens is 17. The van der Waals surface area contributed by atoms with E-state index in [2.05, 4.69) is 11.1 Å². The van der Waals surface area contributed by atoms with Gasteiger partial charge in [0.1, 0.15) is 26.3 Å². The molecule has 0 aliphatic heterocycles. The number of esters is 1. The van der Waals surface area contributed by atoms with Crippen molar-refractivity contribution in [1.82, 2.24) is 0 Å². The third kappa shape index (κ3) is 8.09. The molecular formula is C20H24F17NO5P+. The predicted octanol–water partition coefficient (Wildman–Crippen LogP) is 6.78. The molecule has 0 aliphatic rings. The number of ether oxygens (including phenoxy) is 1. The normalized spacial score (nSPS) is 16.5. The first-order chi connectivity index (χ1) is 19.0. The second-order valence-electron chi connectivity index (χ2n) is 9.89. The summed E-state index contributed by atoms with van der Waals surface area (Å²) in [7, 11) is -2.76. The SMILES string of the molecule is C=C(C)C(=O)OCC[N+](C)(C)CCOP(=O)(O)CCC(F)(F)C(F)(F)C(F)(F)C(F)(F)C(F)(F)C(F)(F)C(F)(F)C(F)(F)F. The van der Waals surface area contributed by atoms with Crippen molar-refractivity contribution in [3.8, 4) is 0 Å². The maximum absolute atomic E-state index is 14.0. The van der Waals surface area contributed by atoms with Crippen LogP contribution in [-0.2, 0) is 18.6 Å². The van der Waals surface area contributed by atoms with E-state index in [9.17, 15) is 88.9 Å². The van der Waals surface area contributed by atoms with Crippen LogP contribution in [0, 0.1) is 0 Å². The van der Waals surface area contributed by atoms with Crippen LogP contribution in [0.1, 0.15) is 13.3 Å². The van der Waals surface area contributed by atoms with E-state index in [-0.39, 0.29) is 29.8 Å². The highest BCUT2D eigenvalue weighted by Crippen LogP contribution is 2.64. The van der Waals surface area contributed by atoms with Gasteiger partial charge < -0.3 is 18.6 Å². The molecule has 1 atom stereocenters. The summed E-state index contributed by atoms with van der Waals surface area (Å²) in [6, 6.07) is 0. The summed E-state index contributed by atoms with van der Waals surface area (Å²) in [5.41, 5.74) is 0.0263. The lowest BCUT2D eigenvalue weighted by Gasteiger charge is -2.42. The Labute approximate surface area is 236 Å². The first kappa shape index (κ1) is 42.1. The van der Waals surface area contributed by atoms with Crippen LogP contribution in [0.2, 0.25) is 0 Å². The molecular weight excluding hydrogens is 688 g/mol. The van der Waals surface area contributed by atoms with Gasteiger partial charge in [-0.3, -0.25) is 4.57 Å². The van der Waals surface area contributed by atoms with Crippen molar-refractivity contribution < 1.29 is 103 Å². The Kier molecular flexibility index (Phi) is 12.2. The Balaban J connectivity index is 5.82. The fourth-order valence-corrected chi connectivity index (χ4v) is 3.81. The van der Waals surface area contributed by atoms with Crippen LogP contribution < -0.4 is 0 Å². The number of alkyl halides is 17. The predicted molar refractivity (Wildman–Crippen MR) is 114 cm³/mol. The molecule has 0 fully saturated rings. The van der Waals surface area contributed by atoms with Crippen molar-refractivity contribution in [2.45, 2.75) is 61.0 Å². The van der Waals surface area contributed by atoms with Crippen LogP contribution in [-0.4, -0.2) is 110 Å². The molecule has 0 bridgehead atoms. The Bertz CT molecular complexity index is 1090. The minimum atomic E-state index is -8.76. The summed E-state index contributed by atoms with van der Waals surface area (Å²) >= 11 is 0. The van der Waals surface area contributed by atoms with Gasteiger partial charge in [0.25, 0.3) is 0 Å². The topological polar surface area (TPSA) is 72.8 Å². The number of carbonyl (C=O) groups is 1. The maximum atomic E-state index is 14.0. The van der Waals surface area contributed by atoms with Gasteiger partial charge in [-0.1, -0.05) is 6.58 Å². The number of hydrogen-bond donors (Lipinski definition) is 1. The van der Waals surface area contributed by atoms with Crippen molar-refractivity contribution in [3.05, 3.63) is 12.2 Å². The summed E-state index contributed by atoms with van der Waals surface area (Å²) in [4.78, 5) is 20.9. The van der Waals surface area contributed by atoms with E-state index in [1.165, 1.54) is 21.0 Å². The van der Waals surface area contributed by atoms with Gasteiger partial charge >= 0.3 is 61.2 Å². The number of quaternary nitrogens is 1. The summed E-state index contributed by atoms with van der Waals surface area (Å²) < 4.78 is 247. The van der Waals surface area contributed by atoms with Gasteiger partial charge in [0, 0.05) is 12.0 Å². The lowest BCUT2D eigenvalue weighted by Crippen LogP contribution is -2.74. The molecule has 44 heavy (non-hydrogen) atoms. The lowest BCUT2D eigenvalue weighted by molar-refractivity contribution is -0.890. The van der Waals surface area contributed by atoms with Crippen molar-refractivity contribution in [3.63, 3.8) is 0 Å². The van der Waals surface area contributed by atoms with Crippen LogP contribution in [0.25, 0.3) is 0 Å². The summed E-state index contributed by atoms with van der Waals surface area (Å²) in [6.07, 6.45) is -13.2. The highest BCUT2D eigenvalue weighted by Gasteiger charge is 2.95. The molecule has 0 heterocycles. The Morgan fingerprint density at radius 2 is 1.07 bits per heavy atom. The third-order valence-electron chi connectivity index (χ3n) is 5.76. The number of carbonyl (C=O) groups excluding carboxylic acids is 1. The molecule has 0 aromatic carbocycles. The summed E-state index contributed by atoms with van der Waals surface area (Å²) in [5.74, 6) is -58.4. The van der Waals surface area contributed by atoms with Gasteiger partial charge in [0.05, 0.1) is 20.3 Å². The maximum Gasteiger partial charge on any atom is 0.460 e. The highest BCUT2D eigenvalue weighted by molar-refractivity contribution is 7.52. The molecule has 0 rings (SSSR count). The molecule has 0 aliphatic carbocycles. The molecule has 0 spiro atoms. The van der Waals surface area contributed by atoms with Crippen molar-refractivity contribution in [2.75, 3.05) is 46.6 Å². The van der Waals surface area contributed by atoms with Gasteiger partial charge in [-0.2, -0.15) is 74.6 Å². The number of nitrogens with zero attached hydrogens (tertiary/aromatic N) is 1. The van der Waals surface area contributed by atoms with E-state index in [0.717, 1.165) is 0 Å². The molecule has 1 unspecified atom stereocenters. The van der Waals surface area contributed by atoms with E-state index in [1.807, 2.05) is 0 Å². The fourth-order valence-electron chi connectivity index (χ4n) is 2.75. The number of likely N-dealkylation sites (N-methyl/N-ethyl adjacent to an activating group) is 1. The first-order valence-corrected chi connectivity index (χ1v) is 13.1. The van der Waals surface area contributed by atoms with E-state index in [0.29, 0.717) is 0 Å². The highest BCUT2D eigenvalue weighted by atomic mass is 31.2. The van der Waals surface area contributed by atoms with Gasteiger partial charge in [-0.05, 0) is 6.92 Å². The lowest BCUT2D eigenvalue weighted by atomic mass is 9.88. The average molecular weight is 712 g/mol. The fraction of sp³-hybridized carbons (Fsp3) is 0.850. The molecule has 0 saturated carbocycles. The second kappa shape index (κ2) is 12.7. The molecule has 0 aromatic heterocycles. The van der Waals surface area contributed by atoms with E-state index in [4.69, 9.17) is 4.74 Å². The molecule has 6 nitrogen and oxygen atoms in total. The minimum Gasteiger partial charge on any atom is -0.456 e. The molecule has 262 valence electrons. The average Bonchev–Trinajstić information content (AvgIpc) is 2.80. The quantitative estimate of drug-likeness (QED) is 0.0592. The monoisotopic (exact) mass is 712 g/mol. The zero-order valence-electron chi connectivity index (χ0n) is 22.3. The van der Waals surface area contributed by atoms with E-state index in [1.54, 1.807) is 0 Å². The largest absolute Gasteiger partial charge is 0.460 e. The van der Waals surface area contributed by atoms with Gasteiger partial charge in [0.2, 0.25) is 0 Å².